The van der Waals surface area contributed by atoms with Crippen LogP contribution in [-0.4, -0.2) is 50.1 Å². The van der Waals surface area contributed by atoms with E-state index in [9.17, 15) is 9.59 Å². The normalized spacial score (nSPS) is 10.9. The highest BCUT2D eigenvalue weighted by molar-refractivity contribution is 5.92. The van der Waals surface area contributed by atoms with Gasteiger partial charge in [-0.2, -0.15) is 0 Å². The van der Waals surface area contributed by atoms with E-state index in [4.69, 9.17) is 9.47 Å². The summed E-state index contributed by atoms with van der Waals surface area (Å²) in [6, 6.07) is 15.1. The number of likely N-dealkylation sites (N-methyl/N-ethyl adjacent to an activating group) is 1. The molecule has 0 atom stereocenters. The van der Waals surface area contributed by atoms with Crippen LogP contribution in [-0.2, 0) is 14.3 Å². The Morgan fingerprint density at radius 3 is 2.59 bits per heavy atom. The number of hydrogen-bond donors (Lipinski definition) is 1. The van der Waals surface area contributed by atoms with Crippen LogP contribution in [0.1, 0.15) is 18.1 Å². The molecule has 0 aliphatic carbocycles. The Morgan fingerprint density at radius 2 is 1.90 bits per heavy atom. The second-order valence-corrected chi connectivity index (χ2v) is 6.66. The fraction of sp³-hybridized carbons (Fsp3) is 0.304. The number of aryl methyl sites for hydroxylation is 1. The van der Waals surface area contributed by atoms with Gasteiger partial charge in [0.1, 0.15) is 12.4 Å². The summed E-state index contributed by atoms with van der Waals surface area (Å²) >= 11 is 0. The molecule has 0 aliphatic rings. The largest absolute Gasteiger partial charge is 0.492 e. The van der Waals surface area contributed by atoms with Gasteiger partial charge < -0.3 is 14.8 Å². The number of carbonyl (C=O) groups is 2. The van der Waals surface area contributed by atoms with E-state index in [1.165, 1.54) is 6.08 Å². The minimum atomic E-state index is -0.376. The summed E-state index contributed by atoms with van der Waals surface area (Å²) in [7, 11) is 1.88. The van der Waals surface area contributed by atoms with Gasteiger partial charge in [-0.05, 0) is 62.4 Å². The van der Waals surface area contributed by atoms with Crippen LogP contribution in [0.2, 0.25) is 0 Å². The van der Waals surface area contributed by atoms with Crippen molar-refractivity contribution in [3.05, 3.63) is 65.7 Å². The molecule has 2 aromatic carbocycles. The van der Waals surface area contributed by atoms with Gasteiger partial charge in [-0.25, -0.2) is 4.79 Å². The maximum Gasteiger partial charge on any atom is 0.330 e. The number of esters is 1. The summed E-state index contributed by atoms with van der Waals surface area (Å²) in [6.45, 7) is 5.54. The monoisotopic (exact) mass is 396 g/mol. The zero-order chi connectivity index (χ0) is 21.1. The molecule has 0 aromatic heterocycles. The van der Waals surface area contributed by atoms with Crippen molar-refractivity contribution in [1.82, 2.24) is 4.90 Å². The lowest BCUT2D eigenvalue weighted by Gasteiger charge is -2.17. The van der Waals surface area contributed by atoms with E-state index in [0.717, 1.165) is 16.9 Å². The molecular formula is C23H28N2O4. The summed E-state index contributed by atoms with van der Waals surface area (Å²) in [5, 5.41) is 2.86. The average molecular weight is 396 g/mol. The molecule has 1 amide bonds. The highest BCUT2D eigenvalue weighted by Crippen LogP contribution is 2.12. The van der Waals surface area contributed by atoms with E-state index in [2.05, 4.69) is 5.32 Å². The third-order valence-electron chi connectivity index (χ3n) is 4.04. The molecule has 2 aromatic rings. The second kappa shape index (κ2) is 11.7. The molecule has 0 unspecified atom stereocenters. The summed E-state index contributed by atoms with van der Waals surface area (Å²) < 4.78 is 10.6. The minimum Gasteiger partial charge on any atom is -0.492 e. The number of nitrogens with zero attached hydrogens (tertiary/aromatic N) is 1. The van der Waals surface area contributed by atoms with Crippen molar-refractivity contribution in [3.8, 4) is 5.75 Å². The van der Waals surface area contributed by atoms with Crippen molar-refractivity contribution in [2.45, 2.75) is 13.8 Å². The molecule has 1 N–H and O–H groups in total. The van der Waals surface area contributed by atoms with E-state index in [-0.39, 0.29) is 18.4 Å². The molecule has 6 nitrogen and oxygen atoms in total. The van der Waals surface area contributed by atoms with Gasteiger partial charge in [0.15, 0.2) is 0 Å². The fourth-order valence-corrected chi connectivity index (χ4v) is 2.58. The molecule has 2 rings (SSSR count). The van der Waals surface area contributed by atoms with Crippen molar-refractivity contribution >= 4 is 23.6 Å². The third kappa shape index (κ3) is 8.62. The standard InChI is InChI=1S/C23H28N2O4/c1-4-28-23(27)13-10-19-8-11-20(12-9-19)24-22(26)17-25(3)14-15-29-21-7-5-6-18(2)16-21/h5-13,16H,4,14-15,17H2,1-3H3,(H,24,26). The number of amides is 1. The van der Waals surface area contributed by atoms with Crippen molar-refractivity contribution in [3.63, 3.8) is 0 Å². The highest BCUT2D eigenvalue weighted by atomic mass is 16.5. The van der Waals surface area contributed by atoms with Gasteiger partial charge in [-0.15, -0.1) is 0 Å². The van der Waals surface area contributed by atoms with Crippen LogP contribution in [0, 0.1) is 6.92 Å². The Kier molecular flexibility index (Phi) is 8.92. The molecule has 0 spiro atoms. The molecule has 0 bridgehead atoms. The highest BCUT2D eigenvalue weighted by Gasteiger charge is 2.07. The van der Waals surface area contributed by atoms with Crippen LogP contribution >= 0.6 is 0 Å². The predicted octanol–water partition coefficient (Wildman–Crippen LogP) is 3.52. The summed E-state index contributed by atoms with van der Waals surface area (Å²) in [6.07, 6.45) is 3.05. The van der Waals surface area contributed by atoms with Gasteiger partial charge in [-0.3, -0.25) is 9.69 Å². The smallest absolute Gasteiger partial charge is 0.330 e. The zero-order valence-corrected chi connectivity index (χ0v) is 17.2. The zero-order valence-electron chi connectivity index (χ0n) is 17.2. The first-order valence-electron chi connectivity index (χ1n) is 9.59. The summed E-state index contributed by atoms with van der Waals surface area (Å²) in [5.74, 6) is 0.358. The number of carbonyl (C=O) groups excluding carboxylic acids is 2. The molecule has 29 heavy (non-hydrogen) atoms. The van der Waals surface area contributed by atoms with Crippen molar-refractivity contribution in [2.75, 3.05) is 38.7 Å². The molecule has 0 saturated heterocycles. The van der Waals surface area contributed by atoms with Gasteiger partial charge in [0.25, 0.3) is 0 Å². The number of ether oxygens (including phenoxy) is 2. The van der Waals surface area contributed by atoms with Crippen LogP contribution in [0.25, 0.3) is 6.08 Å². The van der Waals surface area contributed by atoms with Crippen LogP contribution in [0.5, 0.6) is 5.75 Å². The molecule has 154 valence electrons. The van der Waals surface area contributed by atoms with Crippen molar-refractivity contribution in [2.24, 2.45) is 0 Å². The molecule has 0 aliphatic heterocycles. The van der Waals surface area contributed by atoms with Crippen LogP contribution < -0.4 is 10.1 Å². The first-order valence-corrected chi connectivity index (χ1v) is 9.59. The molecule has 0 fully saturated rings. The molecule has 0 heterocycles. The Balaban J connectivity index is 1.73. The predicted molar refractivity (Wildman–Crippen MR) is 115 cm³/mol. The van der Waals surface area contributed by atoms with E-state index in [0.29, 0.717) is 25.4 Å². The number of benzene rings is 2. The molecule has 6 heteroatoms. The lowest BCUT2D eigenvalue weighted by Crippen LogP contribution is -2.33. The average Bonchev–Trinajstić information content (AvgIpc) is 2.67. The van der Waals surface area contributed by atoms with Crippen molar-refractivity contribution in [1.29, 1.82) is 0 Å². The fourth-order valence-electron chi connectivity index (χ4n) is 2.58. The lowest BCUT2D eigenvalue weighted by atomic mass is 10.2. The van der Waals surface area contributed by atoms with Gasteiger partial charge in [0, 0.05) is 18.3 Å². The van der Waals surface area contributed by atoms with Crippen LogP contribution in [0.4, 0.5) is 5.69 Å². The topological polar surface area (TPSA) is 67.9 Å². The van der Waals surface area contributed by atoms with E-state index in [1.54, 1.807) is 25.1 Å². The Bertz CT molecular complexity index is 831. The summed E-state index contributed by atoms with van der Waals surface area (Å²) in [4.78, 5) is 25.4. The van der Waals surface area contributed by atoms with E-state index < -0.39 is 0 Å². The number of anilines is 1. The Labute approximate surface area is 172 Å². The summed E-state index contributed by atoms with van der Waals surface area (Å²) in [5.41, 5.74) is 2.70. The SMILES string of the molecule is CCOC(=O)C=Cc1ccc(NC(=O)CN(C)CCOc2cccc(C)c2)cc1. The number of hydrogen-bond acceptors (Lipinski definition) is 5. The lowest BCUT2D eigenvalue weighted by molar-refractivity contribution is -0.137. The van der Waals surface area contributed by atoms with E-state index in [1.807, 2.05) is 55.3 Å². The van der Waals surface area contributed by atoms with Crippen LogP contribution in [0.15, 0.2) is 54.6 Å². The van der Waals surface area contributed by atoms with Crippen molar-refractivity contribution < 1.29 is 19.1 Å². The maximum atomic E-state index is 12.2. The molecular weight excluding hydrogens is 368 g/mol. The number of rotatable bonds is 10. The van der Waals surface area contributed by atoms with Gasteiger partial charge in [0.2, 0.25) is 5.91 Å². The van der Waals surface area contributed by atoms with Gasteiger partial charge in [0.05, 0.1) is 13.2 Å². The second-order valence-electron chi connectivity index (χ2n) is 6.66. The minimum absolute atomic E-state index is 0.0992. The maximum absolute atomic E-state index is 12.2. The molecule has 0 saturated carbocycles. The van der Waals surface area contributed by atoms with Gasteiger partial charge >= 0.3 is 5.97 Å². The first-order chi connectivity index (χ1) is 14.0. The number of nitrogens with one attached hydrogen (secondary N) is 1. The molecule has 0 radical (unpaired) electrons. The van der Waals surface area contributed by atoms with Gasteiger partial charge in [-0.1, -0.05) is 24.3 Å². The Hall–Kier alpha value is -3.12. The van der Waals surface area contributed by atoms with Crippen LogP contribution in [0.3, 0.4) is 0 Å². The first kappa shape index (κ1) is 22.2. The quantitative estimate of drug-likeness (QED) is 0.492. The third-order valence-corrected chi connectivity index (χ3v) is 4.04. The Morgan fingerprint density at radius 1 is 1.14 bits per heavy atom. The van der Waals surface area contributed by atoms with E-state index >= 15 is 0 Å².